The van der Waals surface area contributed by atoms with Gasteiger partial charge in [0.2, 0.25) is 0 Å². The molecule has 1 heterocycles. The van der Waals surface area contributed by atoms with E-state index in [4.69, 9.17) is 0 Å². The van der Waals surface area contributed by atoms with Crippen molar-refractivity contribution in [1.29, 1.82) is 0 Å². The van der Waals surface area contributed by atoms with Crippen LogP contribution in [0.2, 0.25) is 0 Å². The molecule has 0 saturated heterocycles. The number of aromatic amines is 1. The maximum absolute atomic E-state index is 4.65. The molecule has 107 valence electrons. The summed E-state index contributed by atoms with van der Waals surface area (Å²) in [4.78, 5) is 8.04. The van der Waals surface area contributed by atoms with E-state index in [9.17, 15) is 0 Å². The average molecular weight is 277 g/mol. The third-order valence-corrected chi connectivity index (χ3v) is 3.80. The highest BCUT2D eigenvalue weighted by Gasteiger charge is 2.04. The third-order valence-electron chi connectivity index (χ3n) is 3.80. The molecule has 0 fully saturated rings. The molecule has 3 rings (SSSR count). The van der Waals surface area contributed by atoms with Crippen LogP contribution in [-0.2, 0) is 19.3 Å². The number of imidazole rings is 1. The Hall–Kier alpha value is -2.09. The zero-order valence-corrected chi connectivity index (χ0v) is 12.5. The van der Waals surface area contributed by atoms with Crippen molar-refractivity contribution in [2.75, 3.05) is 0 Å². The molecule has 3 aromatic rings. The number of nitrogens with one attached hydrogen (secondary N) is 1. The average Bonchev–Trinajstić information content (AvgIpc) is 2.94. The molecule has 2 heteroatoms. The minimum Gasteiger partial charge on any atom is -0.342 e. The number of aromatic nitrogens is 2. The molecule has 0 aliphatic rings. The molecule has 21 heavy (non-hydrogen) atoms. The molecular formula is C19H21N2. The highest BCUT2D eigenvalue weighted by atomic mass is 14.9. The van der Waals surface area contributed by atoms with Crippen LogP contribution in [-0.4, -0.2) is 9.97 Å². The Balaban J connectivity index is 1.71. The van der Waals surface area contributed by atoms with E-state index in [2.05, 4.69) is 65.4 Å². The summed E-state index contributed by atoms with van der Waals surface area (Å²) >= 11 is 0. The predicted molar refractivity (Wildman–Crippen MR) is 87.4 cm³/mol. The van der Waals surface area contributed by atoms with Gasteiger partial charge in [-0.1, -0.05) is 49.7 Å². The number of nitrogens with zero attached hydrogens (tertiary/aromatic N) is 1. The van der Waals surface area contributed by atoms with E-state index in [-0.39, 0.29) is 0 Å². The van der Waals surface area contributed by atoms with Crippen molar-refractivity contribution in [2.45, 2.75) is 39.0 Å². The number of aryl methyl sites for hydroxylation is 3. The minimum atomic E-state index is 0.978. The van der Waals surface area contributed by atoms with Gasteiger partial charge >= 0.3 is 0 Å². The first kappa shape index (κ1) is 13.9. The van der Waals surface area contributed by atoms with E-state index < -0.39 is 0 Å². The third kappa shape index (κ3) is 3.52. The van der Waals surface area contributed by atoms with Crippen LogP contribution in [0.4, 0.5) is 0 Å². The second-order valence-electron chi connectivity index (χ2n) is 5.52. The zero-order valence-electron chi connectivity index (χ0n) is 12.5. The summed E-state index contributed by atoms with van der Waals surface area (Å²) in [5.74, 6) is 1.09. The van der Waals surface area contributed by atoms with E-state index in [1.54, 1.807) is 0 Å². The molecule has 1 radical (unpaired) electrons. The van der Waals surface area contributed by atoms with E-state index in [0.29, 0.717) is 0 Å². The molecule has 2 aromatic carbocycles. The Bertz CT molecular complexity index is 698. The van der Waals surface area contributed by atoms with Gasteiger partial charge in [-0.2, -0.15) is 0 Å². The highest BCUT2D eigenvalue weighted by molar-refractivity contribution is 5.75. The van der Waals surface area contributed by atoms with Crippen LogP contribution in [0, 0.1) is 6.07 Å². The lowest BCUT2D eigenvalue weighted by atomic mass is 10.0. The Morgan fingerprint density at radius 1 is 1.00 bits per heavy atom. The number of H-pyrrole nitrogens is 1. The quantitative estimate of drug-likeness (QED) is 0.706. The summed E-state index contributed by atoms with van der Waals surface area (Å²) in [6.45, 7) is 2.20. The Morgan fingerprint density at radius 2 is 1.86 bits per heavy atom. The van der Waals surface area contributed by atoms with Crippen molar-refractivity contribution in [1.82, 2.24) is 9.97 Å². The van der Waals surface area contributed by atoms with Crippen molar-refractivity contribution < 1.29 is 0 Å². The molecular weight excluding hydrogens is 256 g/mol. The molecule has 2 nitrogen and oxygen atoms in total. The van der Waals surface area contributed by atoms with Crippen LogP contribution in [0.25, 0.3) is 11.0 Å². The van der Waals surface area contributed by atoms with Crippen molar-refractivity contribution >= 4 is 11.0 Å². The Labute approximate surface area is 126 Å². The SMILES string of the molecule is CCCCc1nc2[c]c(CCc3ccccc3)ccc2[nH]1. The molecule has 0 saturated carbocycles. The lowest BCUT2D eigenvalue weighted by molar-refractivity contribution is 0.765. The fraction of sp³-hybridized carbons (Fsp3) is 0.316. The molecule has 0 aliphatic heterocycles. The largest absolute Gasteiger partial charge is 0.342 e. The lowest BCUT2D eigenvalue weighted by Gasteiger charge is -2.01. The van der Waals surface area contributed by atoms with Crippen LogP contribution in [0.3, 0.4) is 0 Å². The van der Waals surface area contributed by atoms with Gasteiger partial charge in [0.25, 0.3) is 0 Å². The molecule has 0 atom stereocenters. The van der Waals surface area contributed by atoms with Crippen molar-refractivity contribution in [2.24, 2.45) is 0 Å². The summed E-state index contributed by atoms with van der Waals surface area (Å²) in [7, 11) is 0. The Morgan fingerprint density at radius 3 is 2.67 bits per heavy atom. The highest BCUT2D eigenvalue weighted by Crippen LogP contribution is 2.16. The van der Waals surface area contributed by atoms with Crippen LogP contribution in [0.5, 0.6) is 0 Å². The van der Waals surface area contributed by atoms with Crippen LogP contribution in [0.1, 0.15) is 36.7 Å². The van der Waals surface area contributed by atoms with E-state index in [1.165, 1.54) is 24.0 Å². The number of rotatable bonds is 6. The van der Waals surface area contributed by atoms with Crippen molar-refractivity contribution in [3.63, 3.8) is 0 Å². The Kier molecular flexibility index (Phi) is 4.34. The van der Waals surface area contributed by atoms with Crippen LogP contribution < -0.4 is 0 Å². The predicted octanol–water partition coefficient (Wildman–Crippen LogP) is 4.49. The second kappa shape index (κ2) is 6.57. The minimum absolute atomic E-state index is 0.978. The summed E-state index contributed by atoms with van der Waals surface area (Å²) in [5, 5.41) is 0. The summed E-state index contributed by atoms with van der Waals surface area (Å²) in [6, 6.07) is 18.3. The number of hydrogen-bond donors (Lipinski definition) is 1. The normalized spacial score (nSPS) is 11.1. The van der Waals surface area contributed by atoms with Crippen molar-refractivity contribution in [3.8, 4) is 0 Å². The van der Waals surface area contributed by atoms with Gasteiger partial charge in [-0.15, -0.1) is 0 Å². The van der Waals surface area contributed by atoms with Gasteiger partial charge in [-0.05, 0) is 36.5 Å². The fourth-order valence-electron chi connectivity index (χ4n) is 2.56. The second-order valence-corrected chi connectivity index (χ2v) is 5.52. The lowest BCUT2D eigenvalue weighted by Crippen LogP contribution is -1.91. The summed E-state index contributed by atoms with van der Waals surface area (Å²) in [5.41, 5.74) is 4.69. The van der Waals surface area contributed by atoms with Gasteiger partial charge in [0.1, 0.15) is 5.82 Å². The van der Waals surface area contributed by atoms with E-state index in [1.807, 2.05) is 0 Å². The molecule has 0 bridgehead atoms. The van der Waals surface area contributed by atoms with Gasteiger partial charge in [0, 0.05) is 12.5 Å². The van der Waals surface area contributed by atoms with Gasteiger partial charge in [0.15, 0.2) is 0 Å². The maximum atomic E-state index is 4.65. The first-order chi connectivity index (χ1) is 10.3. The van der Waals surface area contributed by atoms with E-state index >= 15 is 0 Å². The smallest absolute Gasteiger partial charge is 0.107 e. The number of hydrogen-bond acceptors (Lipinski definition) is 1. The number of benzene rings is 2. The van der Waals surface area contributed by atoms with Crippen molar-refractivity contribution in [3.05, 3.63) is 65.5 Å². The van der Waals surface area contributed by atoms with Gasteiger partial charge in [0.05, 0.1) is 11.0 Å². The van der Waals surface area contributed by atoms with E-state index in [0.717, 1.165) is 36.1 Å². The molecule has 0 unspecified atom stereocenters. The molecule has 1 aromatic heterocycles. The number of unbranched alkanes of at least 4 members (excludes halogenated alkanes) is 1. The standard InChI is InChI=1S/C19H21N2/c1-2-3-9-19-20-17-13-12-16(14-18(17)21-19)11-10-15-7-5-4-6-8-15/h4-8,12-13H,2-3,9-11H2,1H3,(H,20,21). The maximum Gasteiger partial charge on any atom is 0.107 e. The summed E-state index contributed by atoms with van der Waals surface area (Å²) in [6.07, 6.45) is 5.47. The zero-order chi connectivity index (χ0) is 14.5. The monoisotopic (exact) mass is 277 g/mol. The first-order valence-corrected chi connectivity index (χ1v) is 7.79. The van der Waals surface area contributed by atoms with Gasteiger partial charge < -0.3 is 4.98 Å². The fourth-order valence-corrected chi connectivity index (χ4v) is 2.56. The molecule has 0 spiro atoms. The topological polar surface area (TPSA) is 28.7 Å². The van der Waals surface area contributed by atoms with Crippen LogP contribution >= 0.6 is 0 Å². The van der Waals surface area contributed by atoms with Gasteiger partial charge in [-0.25, -0.2) is 4.98 Å². The molecule has 0 amide bonds. The molecule has 0 aliphatic carbocycles. The first-order valence-electron chi connectivity index (χ1n) is 7.79. The van der Waals surface area contributed by atoms with Crippen LogP contribution in [0.15, 0.2) is 42.5 Å². The van der Waals surface area contributed by atoms with Gasteiger partial charge in [-0.3, -0.25) is 0 Å². The molecule has 1 N–H and O–H groups in total. The number of fused-ring (bicyclic) bond motifs is 1. The summed E-state index contributed by atoms with van der Waals surface area (Å²) < 4.78 is 0.